The third-order valence-corrected chi connectivity index (χ3v) is 6.63. The highest BCUT2D eigenvalue weighted by molar-refractivity contribution is 7.89. The van der Waals surface area contributed by atoms with Crippen LogP contribution in [0.2, 0.25) is 0 Å². The van der Waals surface area contributed by atoms with Gasteiger partial charge >= 0.3 is 6.03 Å². The molecule has 2 rings (SSSR count). The molecule has 1 aromatic rings. The molecular formula is C17H26N4O4S. The predicted octanol–water partition coefficient (Wildman–Crippen LogP) is 1.45. The fourth-order valence-corrected chi connectivity index (χ4v) is 4.52. The lowest BCUT2D eigenvalue weighted by molar-refractivity contribution is -0.121. The quantitative estimate of drug-likeness (QED) is 0.775. The highest BCUT2D eigenvalue weighted by Gasteiger charge is 2.27. The summed E-state index contributed by atoms with van der Waals surface area (Å²) in [5.74, 6) is -0.523. The molecule has 0 bridgehead atoms. The molecule has 144 valence electrons. The zero-order chi connectivity index (χ0) is 19.3. The van der Waals surface area contributed by atoms with Gasteiger partial charge in [0.1, 0.15) is 0 Å². The van der Waals surface area contributed by atoms with Gasteiger partial charge in [0.2, 0.25) is 15.9 Å². The van der Waals surface area contributed by atoms with E-state index in [1.54, 1.807) is 26.0 Å². The lowest BCUT2D eigenvalue weighted by Gasteiger charge is -2.30. The van der Waals surface area contributed by atoms with E-state index in [0.29, 0.717) is 38.3 Å². The molecule has 1 fully saturated rings. The van der Waals surface area contributed by atoms with Crippen molar-refractivity contribution in [2.24, 2.45) is 11.7 Å². The number of carbonyl (C=O) groups is 2. The molecule has 0 radical (unpaired) electrons. The zero-order valence-corrected chi connectivity index (χ0v) is 16.0. The maximum atomic E-state index is 12.5. The Balaban J connectivity index is 2.05. The van der Waals surface area contributed by atoms with Gasteiger partial charge in [-0.1, -0.05) is 13.8 Å². The zero-order valence-electron chi connectivity index (χ0n) is 15.1. The van der Waals surface area contributed by atoms with Crippen LogP contribution in [0, 0.1) is 5.92 Å². The lowest BCUT2D eigenvalue weighted by Crippen LogP contribution is -2.46. The number of hydrogen-bond donors (Lipinski definition) is 2. The van der Waals surface area contributed by atoms with Crippen LogP contribution in [-0.4, -0.2) is 55.7 Å². The maximum absolute atomic E-state index is 12.5. The van der Waals surface area contributed by atoms with E-state index in [-0.39, 0.29) is 16.7 Å². The van der Waals surface area contributed by atoms with E-state index >= 15 is 0 Å². The molecule has 3 amide bonds. The van der Waals surface area contributed by atoms with Gasteiger partial charge in [0, 0.05) is 31.9 Å². The van der Waals surface area contributed by atoms with Crippen molar-refractivity contribution in [1.29, 1.82) is 0 Å². The maximum Gasteiger partial charge on any atom is 0.314 e. The number of amides is 3. The Kier molecular flexibility index (Phi) is 6.60. The molecule has 1 heterocycles. The van der Waals surface area contributed by atoms with Gasteiger partial charge in [0.25, 0.3) is 0 Å². The Bertz CT molecular complexity index is 745. The number of anilines is 1. The summed E-state index contributed by atoms with van der Waals surface area (Å²) in [4.78, 5) is 25.3. The molecule has 1 aliphatic heterocycles. The van der Waals surface area contributed by atoms with Crippen LogP contribution >= 0.6 is 0 Å². The van der Waals surface area contributed by atoms with E-state index in [0.717, 1.165) is 6.42 Å². The molecule has 1 saturated heterocycles. The molecule has 0 spiro atoms. The van der Waals surface area contributed by atoms with Gasteiger partial charge < -0.3 is 16.0 Å². The van der Waals surface area contributed by atoms with Crippen LogP contribution in [-0.2, 0) is 14.8 Å². The largest absolute Gasteiger partial charge is 0.351 e. The second-order valence-electron chi connectivity index (χ2n) is 6.23. The summed E-state index contributed by atoms with van der Waals surface area (Å²) < 4.78 is 26.3. The number of carbonyl (C=O) groups excluding carboxylic acids is 2. The third-order valence-electron chi connectivity index (χ3n) is 4.57. The number of sulfonamides is 1. The molecular weight excluding hydrogens is 356 g/mol. The molecule has 1 aromatic carbocycles. The molecule has 8 nitrogen and oxygen atoms in total. The Hall–Kier alpha value is -2.13. The van der Waals surface area contributed by atoms with E-state index < -0.39 is 16.1 Å². The smallest absolute Gasteiger partial charge is 0.314 e. The summed E-state index contributed by atoms with van der Waals surface area (Å²) in [6, 6.07) is 5.60. The van der Waals surface area contributed by atoms with Crippen LogP contribution in [0.3, 0.4) is 0 Å². The Morgan fingerprint density at radius 2 is 1.85 bits per heavy atom. The first-order valence-corrected chi connectivity index (χ1v) is 10.2. The van der Waals surface area contributed by atoms with Gasteiger partial charge in [0.05, 0.1) is 10.8 Å². The van der Waals surface area contributed by atoms with E-state index in [1.165, 1.54) is 21.3 Å². The second-order valence-corrected chi connectivity index (χ2v) is 8.16. The fourth-order valence-electron chi connectivity index (χ4n) is 3.06. The van der Waals surface area contributed by atoms with E-state index in [1.807, 2.05) is 0 Å². The first-order valence-electron chi connectivity index (χ1n) is 8.75. The van der Waals surface area contributed by atoms with Gasteiger partial charge in [-0.3, -0.25) is 4.79 Å². The van der Waals surface area contributed by atoms with Gasteiger partial charge in [0.15, 0.2) is 0 Å². The second kappa shape index (κ2) is 8.50. The molecule has 9 heteroatoms. The van der Waals surface area contributed by atoms with E-state index in [9.17, 15) is 18.0 Å². The number of nitrogens with one attached hydrogen (secondary N) is 1. The average Bonchev–Trinajstić information content (AvgIpc) is 2.63. The third kappa shape index (κ3) is 4.53. The molecule has 0 aromatic heterocycles. The summed E-state index contributed by atoms with van der Waals surface area (Å²) in [6.07, 6.45) is 1.41. The highest BCUT2D eigenvalue weighted by atomic mass is 32.2. The van der Waals surface area contributed by atoms with Crippen molar-refractivity contribution in [3.63, 3.8) is 0 Å². The first kappa shape index (κ1) is 20.2. The molecule has 3 N–H and O–H groups in total. The van der Waals surface area contributed by atoms with Crippen LogP contribution < -0.4 is 11.1 Å². The standard InChI is InChI=1S/C17H26N4O4S/c1-3-21(4-2)26(24,25)15-9-7-14(8-10-15)19-16(22)13-6-5-11-20(12-13)17(18)23/h7-10,13H,3-6,11-12H2,1-2H3,(H2,18,23)(H,19,22)/t13-/m0/s1. The minimum Gasteiger partial charge on any atom is -0.351 e. The number of hydrogen-bond acceptors (Lipinski definition) is 4. The fraction of sp³-hybridized carbons (Fsp3) is 0.529. The van der Waals surface area contributed by atoms with Crippen molar-refractivity contribution >= 4 is 27.6 Å². The minimum atomic E-state index is -3.52. The van der Waals surface area contributed by atoms with E-state index in [4.69, 9.17) is 5.73 Å². The highest BCUT2D eigenvalue weighted by Crippen LogP contribution is 2.21. The van der Waals surface area contributed by atoms with E-state index in [2.05, 4.69) is 5.32 Å². The molecule has 1 atom stereocenters. The van der Waals surface area contributed by atoms with Crippen molar-refractivity contribution in [1.82, 2.24) is 9.21 Å². The summed E-state index contributed by atoms with van der Waals surface area (Å²) in [5, 5.41) is 2.78. The number of piperidine rings is 1. The number of urea groups is 1. The van der Waals surface area contributed by atoms with Crippen molar-refractivity contribution in [2.45, 2.75) is 31.6 Å². The minimum absolute atomic E-state index is 0.191. The van der Waals surface area contributed by atoms with Gasteiger partial charge in [-0.2, -0.15) is 4.31 Å². The Morgan fingerprint density at radius 1 is 1.23 bits per heavy atom. The summed E-state index contributed by atoms with van der Waals surface area (Å²) in [7, 11) is -3.52. The Labute approximate surface area is 154 Å². The van der Waals surface area contributed by atoms with Crippen molar-refractivity contribution in [2.75, 3.05) is 31.5 Å². The van der Waals surface area contributed by atoms with Crippen molar-refractivity contribution in [3.8, 4) is 0 Å². The average molecular weight is 382 g/mol. The topological polar surface area (TPSA) is 113 Å². The summed E-state index contributed by atoms with van der Waals surface area (Å²) in [6.45, 7) is 5.24. The number of benzene rings is 1. The molecule has 0 unspecified atom stereocenters. The number of nitrogens with zero attached hydrogens (tertiary/aromatic N) is 2. The van der Waals surface area contributed by atoms with Crippen LogP contribution in [0.4, 0.5) is 10.5 Å². The first-order chi connectivity index (χ1) is 12.3. The van der Waals surface area contributed by atoms with Gasteiger partial charge in [-0.05, 0) is 37.1 Å². The number of primary amides is 1. The molecule has 0 aliphatic carbocycles. The monoisotopic (exact) mass is 382 g/mol. The van der Waals surface area contributed by atoms with Gasteiger partial charge in [-0.25, -0.2) is 13.2 Å². The molecule has 0 saturated carbocycles. The number of nitrogens with two attached hydrogens (primary N) is 1. The Morgan fingerprint density at radius 3 is 2.38 bits per heavy atom. The lowest BCUT2D eigenvalue weighted by atomic mass is 9.97. The SMILES string of the molecule is CCN(CC)S(=O)(=O)c1ccc(NC(=O)[C@H]2CCCN(C(N)=O)C2)cc1. The molecule has 26 heavy (non-hydrogen) atoms. The van der Waals surface area contributed by atoms with Crippen LogP contribution in [0.1, 0.15) is 26.7 Å². The van der Waals surface area contributed by atoms with Crippen LogP contribution in [0.25, 0.3) is 0 Å². The van der Waals surface area contributed by atoms with Crippen LogP contribution in [0.15, 0.2) is 29.2 Å². The van der Waals surface area contributed by atoms with Gasteiger partial charge in [-0.15, -0.1) is 0 Å². The summed E-state index contributed by atoms with van der Waals surface area (Å²) >= 11 is 0. The van der Waals surface area contributed by atoms with Crippen molar-refractivity contribution in [3.05, 3.63) is 24.3 Å². The van der Waals surface area contributed by atoms with Crippen LogP contribution in [0.5, 0.6) is 0 Å². The molecule has 1 aliphatic rings. The summed E-state index contributed by atoms with van der Waals surface area (Å²) in [5.41, 5.74) is 5.80. The van der Waals surface area contributed by atoms with Crippen molar-refractivity contribution < 1.29 is 18.0 Å². The predicted molar refractivity (Wildman–Crippen MR) is 99.1 cm³/mol. The number of rotatable bonds is 6. The normalized spacial score (nSPS) is 18.0. The number of likely N-dealkylation sites (tertiary alicyclic amines) is 1.